The third-order valence-electron chi connectivity index (χ3n) is 29.8. The van der Waals surface area contributed by atoms with Gasteiger partial charge in [0, 0.05) is 180 Å². The maximum atomic E-state index is 14.2. The summed E-state index contributed by atoms with van der Waals surface area (Å²) in [5.41, 5.74) is 39.7. The summed E-state index contributed by atoms with van der Waals surface area (Å²) in [6.45, 7) is 10.4. The summed E-state index contributed by atoms with van der Waals surface area (Å²) in [6, 6.07) is 37.3. The Bertz CT molecular complexity index is 7370. The molecule has 4 saturated carbocycles. The molecule has 8 atom stereocenters. The summed E-state index contributed by atoms with van der Waals surface area (Å²) < 4.78 is 87.5. The first-order valence-electron chi connectivity index (χ1n) is 50.0. The predicted molar refractivity (Wildman–Crippen MR) is 544 cm³/mol. The smallest absolute Gasteiger partial charge is 0.254 e. The molecule has 4 aromatic carbocycles. The number of methoxy groups -OCH3 is 5. The van der Waals surface area contributed by atoms with Gasteiger partial charge in [0.05, 0.1) is 99.0 Å². The zero-order valence-electron chi connectivity index (χ0n) is 82.4. The molecule has 746 valence electrons. The first-order valence-corrected chi connectivity index (χ1v) is 50.0. The van der Waals surface area contributed by atoms with Crippen LogP contribution in [0.25, 0.3) is 134 Å². The van der Waals surface area contributed by atoms with Crippen LogP contribution in [-0.4, -0.2) is 250 Å². The number of carbonyl (C=O) groups excluding carboxylic acids is 4. The van der Waals surface area contributed by atoms with E-state index in [4.69, 9.17) is 71.5 Å². The maximum absolute atomic E-state index is 14.2. The molecule has 4 aliphatic heterocycles. The number of amides is 4. The highest BCUT2D eigenvalue weighted by Gasteiger charge is 2.39. The van der Waals surface area contributed by atoms with Crippen LogP contribution in [0.4, 0.5) is 13.2 Å². The third-order valence-corrected chi connectivity index (χ3v) is 29.8. The van der Waals surface area contributed by atoms with Gasteiger partial charge in [-0.1, -0.05) is 0 Å². The maximum Gasteiger partial charge on any atom is 0.254 e. The third kappa shape index (κ3) is 18.6. The molecule has 143 heavy (non-hydrogen) atoms. The van der Waals surface area contributed by atoms with Gasteiger partial charge in [0.25, 0.3) is 23.6 Å². The molecule has 0 radical (unpaired) electrons. The van der Waals surface area contributed by atoms with Gasteiger partial charge in [0.15, 0.2) is 23.3 Å². The SMILES string of the molecule is CCn1c(-c2cc3ccc(OC)nc3n2CC2CC2)nc2cc(C(=O)N3C[C@@H](N)C[C@H](F)C3)cc(OC)c21.COc1cc(C(=O)N2CC[C@@H](F)[C@@H](N)C2)cc2nc(-c3cc4cccnc4n3CC3CC3)n(C)c12.COc1cc(C(=O)N2CC[C@H](F)[C@H](N)C2)cc2nc(-c3cc4cccnc4n3CC3CC3)n(C)c12.COc1cc(C(=O)N2C[C@@H](N)CC[C@@H]2C)cc2nc(-c3cc4cccnc4n3CC3CC3)n(C)c12. The zero-order valence-corrected chi connectivity index (χ0v) is 82.4. The van der Waals surface area contributed by atoms with E-state index in [9.17, 15) is 32.3 Å². The number of hydrogen-bond acceptors (Lipinski definition) is 21. The number of likely N-dealkylation sites (tertiary alicyclic amines) is 4. The monoisotopic (exact) mass is 1940 g/mol. The van der Waals surface area contributed by atoms with Crippen molar-refractivity contribution in [3.8, 4) is 75.0 Å². The molecule has 4 saturated heterocycles. The lowest BCUT2D eigenvalue weighted by molar-refractivity contribution is 0.0603. The Labute approximate surface area is 824 Å². The van der Waals surface area contributed by atoms with Crippen molar-refractivity contribution in [2.75, 3.05) is 81.4 Å². The van der Waals surface area contributed by atoms with Gasteiger partial charge in [0.1, 0.15) is 86.2 Å². The Morgan fingerprint density at radius 1 is 0.371 bits per heavy atom. The highest BCUT2D eigenvalue weighted by Crippen LogP contribution is 2.45. The second kappa shape index (κ2) is 39.0. The van der Waals surface area contributed by atoms with Crippen molar-refractivity contribution < 1.29 is 56.0 Å². The number of fused-ring (bicyclic) bond motifs is 8. The van der Waals surface area contributed by atoms with Gasteiger partial charge in [-0.25, -0.2) is 48.1 Å². The van der Waals surface area contributed by atoms with E-state index < -0.39 is 30.6 Å². The van der Waals surface area contributed by atoms with Crippen LogP contribution in [0.5, 0.6) is 28.9 Å². The van der Waals surface area contributed by atoms with Crippen molar-refractivity contribution in [2.45, 2.75) is 179 Å². The van der Waals surface area contributed by atoms with E-state index in [1.54, 1.807) is 81.7 Å². The van der Waals surface area contributed by atoms with E-state index >= 15 is 0 Å². The Kier molecular flexibility index (Phi) is 26.0. The molecular weight excluding hydrogens is 1820 g/mol. The van der Waals surface area contributed by atoms with Gasteiger partial charge in [-0.2, -0.15) is 4.98 Å². The molecular formula is C107H123F3N24O9. The number of carbonyl (C=O) groups is 4. The van der Waals surface area contributed by atoms with Crippen LogP contribution in [0.1, 0.15) is 139 Å². The average molecular weight is 1950 g/mol. The first kappa shape index (κ1) is 95.2. The summed E-state index contributed by atoms with van der Waals surface area (Å²) in [5, 5.41) is 4.27. The topological polar surface area (TPSA) is 374 Å². The highest BCUT2D eigenvalue weighted by atomic mass is 19.1. The van der Waals surface area contributed by atoms with Crippen LogP contribution < -0.4 is 46.6 Å². The number of benzene rings is 4. The molecule has 16 heterocycles. The fraction of sp³-hybridized carbons (Fsp3) is 0.439. The van der Waals surface area contributed by atoms with Crippen LogP contribution in [0.3, 0.4) is 0 Å². The molecule has 0 bridgehead atoms. The van der Waals surface area contributed by atoms with Crippen molar-refractivity contribution in [3.63, 3.8) is 0 Å². The van der Waals surface area contributed by atoms with Gasteiger partial charge in [-0.15, -0.1) is 0 Å². The largest absolute Gasteiger partial charge is 0.494 e. The highest BCUT2D eigenvalue weighted by molar-refractivity contribution is 6.04. The number of nitrogens with two attached hydrogens (primary N) is 4. The van der Waals surface area contributed by atoms with E-state index in [2.05, 4.69) is 98.7 Å². The Morgan fingerprint density at radius 3 is 1.11 bits per heavy atom. The summed E-state index contributed by atoms with van der Waals surface area (Å²) in [4.78, 5) is 98.7. The number of nitrogens with zero attached hydrogens (tertiary/aromatic N) is 20. The second-order valence-electron chi connectivity index (χ2n) is 40.1. The molecule has 36 heteroatoms. The normalized spacial score (nSPS) is 20.4. The lowest BCUT2D eigenvalue weighted by atomic mass is 9.99. The van der Waals surface area contributed by atoms with Crippen molar-refractivity contribution in [3.05, 3.63) is 162 Å². The quantitative estimate of drug-likeness (QED) is 0.0489. The number of alkyl halides is 3. The van der Waals surface area contributed by atoms with Gasteiger partial charge in [-0.05, 0) is 236 Å². The van der Waals surface area contributed by atoms with E-state index in [1.807, 2.05) is 96.2 Å². The number of rotatable bonds is 22. The molecule has 24 rings (SSSR count). The molecule has 8 fully saturated rings. The van der Waals surface area contributed by atoms with E-state index in [0.29, 0.717) is 124 Å². The van der Waals surface area contributed by atoms with E-state index in [0.717, 1.165) is 157 Å². The van der Waals surface area contributed by atoms with Crippen LogP contribution in [0.15, 0.2) is 140 Å². The first-order chi connectivity index (χ1) is 69.2. The molecule has 4 amide bonds. The predicted octanol–water partition coefficient (Wildman–Crippen LogP) is 15.0. The minimum atomic E-state index is -1.13. The van der Waals surface area contributed by atoms with Gasteiger partial charge >= 0.3 is 0 Å². The van der Waals surface area contributed by atoms with Crippen LogP contribution in [0.2, 0.25) is 0 Å². The number of hydrogen-bond donors (Lipinski definition) is 4. The van der Waals surface area contributed by atoms with Crippen molar-refractivity contribution in [2.24, 2.45) is 67.7 Å². The number of ether oxygens (including phenoxy) is 5. The summed E-state index contributed by atoms with van der Waals surface area (Å²) in [5.74, 6) is 8.09. The number of halogens is 3. The van der Waals surface area contributed by atoms with Crippen molar-refractivity contribution in [1.29, 1.82) is 0 Å². The van der Waals surface area contributed by atoms with Gasteiger partial charge in [0.2, 0.25) is 5.88 Å². The van der Waals surface area contributed by atoms with E-state index in [1.165, 1.54) is 56.3 Å². The average Bonchev–Trinajstić information content (AvgIpc) is 1.29. The van der Waals surface area contributed by atoms with Crippen LogP contribution in [-0.2, 0) is 53.9 Å². The molecule has 16 aromatic rings. The Balaban J connectivity index is 0.000000113. The minimum absolute atomic E-state index is 0.0178. The summed E-state index contributed by atoms with van der Waals surface area (Å²) in [7, 11) is 14.0. The van der Waals surface area contributed by atoms with Gasteiger partial charge in [-0.3, -0.25) is 19.2 Å². The number of aryl methyl sites for hydroxylation is 4. The molecule has 12 aromatic heterocycles. The number of imidazole rings is 4. The Morgan fingerprint density at radius 2 is 0.734 bits per heavy atom. The van der Waals surface area contributed by atoms with Crippen molar-refractivity contribution in [1.82, 2.24) is 96.0 Å². The number of piperidine rings is 4. The van der Waals surface area contributed by atoms with Crippen LogP contribution >= 0.6 is 0 Å². The minimum Gasteiger partial charge on any atom is -0.494 e. The summed E-state index contributed by atoms with van der Waals surface area (Å²) >= 11 is 0. The summed E-state index contributed by atoms with van der Waals surface area (Å²) in [6.07, 6.45) is 14.7. The Hall–Kier alpha value is -14.0. The lowest BCUT2D eigenvalue weighted by Gasteiger charge is -2.36. The fourth-order valence-electron chi connectivity index (χ4n) is 21.3. The fourth-order valence-corrected chi connectivity index (χ4v) is 21.3. The van der Waals surface area contributed by atoms with Crippen molar-refractivity contribution >= 4 is 112 Å². The molecule has 4 aliphatic carbocycles. The number of aromatic nitrogens is 16. The lowest BCUT2D eigenvalue weighted by Crippen LogP contribution is -2.51. The molecule has 0 spiro atoms. The molecule has 8 aliphatic rings. The van der Waals surface area contributed by atoms with E-state index in [-0.39, 0.29) is 80.7 Å². The second-order valence-corrected chi connectivity index (χ2v) is 40.1. The standard InChI is InChI=1S/C28H33FN6O3.C27H32N6O2.2C26H29FN6O2/c1-4-34-25-21(9-18(11-23(25)37-2)28(36)33-14-19(29)12-20(30)15-33)31-27(34)22-10-17-7-8-24(38-3)32-26(17)35(22)13-16-5-6-16;1-16-6-9-20(28)15-32(16)27(34)19-11-21-24(23(13-19)35-3)31(2)26(30-21)22-12-18-5-4-10-29-25(18)33(22)14-17-7-8-17;2*1-31-23-20(10-17(12-22(23)35-2)26(34)32-9-7-18(27)19(28)14-32)30-25(31)21-11-16-4-3-8-29-24(16)33(21)13-15-5-6-15/h7-11,16,19-20H,4-6,12-15,30H2,1-3H3;4-5,10-13,16-17,20H,6-9,14-15,28H2,1-3H3;2*3-4,8,10-12,15,18-19H,5-7,9,13-14,28H2,1-2H3/t19-,20-;16-,20-;2*18-,19+/m0010/s1. The zero-order chi connectivity index (χ0) is 99.4. The molecule has 33 nitrogen and oxygen atoms in total. The molecule has 0 unspecified atom stereocenters. The van der Waals surface area contributed by atoms with Gasteiger partial charge < -0.3 is 103 Å². The molecule has 8 N–H and O–H groups in total. The number of pyridine rings is 4. The van der Waals surface area contributed by atoms with Crippen LogP contribution in [0, 0.1) is 23.7 Å².